The van der Waals surface area contributed by atoms with Crippen molar-refractivity contribution in [3.63, 3.8) is 0 Å². The summed E-state index contributed by atoms with van der Waals surface area (Å²) in [7, 11) is 0. The van der Waals surface area contributed by atoms with Gasteiger partial charge in [-0.1, -0.05) is 25.8 Å². The van der Waals surface area contributed by atoms with Crippen LogP contribution < -0.4 is 24.8 Å². The summed E-state index contributed by atoms with van der Waals surface area (Å²) in [6.45, 7) is 8.94. The van der Waals surface area contributed by atoms with Gasteiger partial charge in [0.2, 0.25) is 0 Å². The minimum atomic E-state index is 0. The van der Waals surface area contributed by atoms with E-state index in [-0.39, 0.29) is 57.5 Å². The van der Waals surface area contributed by atoms with E-state index in [4.69, 9.17) is 0 Å². The summed E-state index contributed by atoms with van der Waals surface area (Å²) in [6, 6.07) is 4.41. The van der Waals surface area contributed by atoms with E-state index in [2.05, 4.69) is 58.0 Å². The average molecular weight is 363 g/mol. The van der Waals surface area contributed by atoms with Crippen molar-refractivity contribution >= 4 is 11.3 Å². The molecule has 6 heteroatoms. The second-order valence-corrected chi connectivity index (χ2v) is 4.91. The molecule has 0 radical (unpaired) electrons. The molecule has 1 rings (SSSR count). The van der Waals surface area contributed by atoms with Crippen molar-refractivity contribution in [2.45, 2.75) is 33.6 Å². The number of halogens is 2. The fourth-order valence-corrected chi connectivity index (χ4v) is 2.95. The summed E-state index contributed by atoms with van der Waals surface area (Å²) in [5.41, 5.74) is 0. The molecule has 1 aromatic heterocycles. The molecule has 0 aliphatic heterocycles. The smallest absolute Gasteiger partial charge is 1.00 e. The van der Waals surface area contributed by atoms with Gasteiger partial charge in [0.05, 0.1) is 0 Å². The molecule has 0 amide bonds. The van der Waals surface area contributed by atoms with E-state index in [1.54, 1.807) is 0 Å². The van der Waals surface area contributed by atoms with E-state index < -0.39 is 0 Å². The van der Waals surface area contributed by atoms with Crippen molar-refractivity contribution in [1.29, 1.82) is 0 Å². The molecule has 2 atom stereocenters. The molecule has 112 valence electrons. The number of rotatable bonds is 5. The van der Waals surface area contributed by atoms with Gasteiger partial charge in [0.25, 0.3) is 0 Å². The topological polar surface area (TPSA) is 63.0 Å². The van der Waals surface area contributed by atoms with Gasteiger partial charge in [-0.05, 0) is 11.4 Å². The molecule has 0 fully saturated rings. The molecule has 2 nitrogen and oxygen atoms in total. The molecule has 4 N–H and O–H groups in total. The van der Waals surface area contributed by atoms with E-state index in [1.165, 1.54) is 4.88 Å². The van der Waals surface area contributed by atoms with Crippen molar-refractivity contribution in [1.82, 2.24) is 0 Å². The molecule has 0 saturated carbocycles. The van der Waals surface area contributed by atoms with Crippen LogP contribution >= 0.6 is 11.3 Å². The monoisotopic (exact) mass is 362 g/mol. The predicted molar refractivity (Wildman–Crippen MR) is 72.6 cm³/mol. The van der Waals surface area contributed by atoms with Crippen LogP contribution in [0, 0.1) is 24.7 Å². The third-order valence-electron chi connectivity index (χ3n) is 3.06. The van der Waals surface area contributed by atoms with E-state index in [0.717, 1.165) is 0 Å². The second-order valence-electron chi connectivity index (χ2n) is 3.93. The average Bonchev–Trinajstić information content (AvgIpc) is 2.70. The first-order valence-corrected chi connectivity index (χ1v) is 6.21. The summed E-state index contributed by atoms with van der Waals surface area (Å²) in [4.78, 5) is 1.52. The minimum Gasteiger partial charge on any atom is -1.00 e. The zero-order chi connectivity index (χ0) is 10.6. The van der Waals surface area contributed by atoms with Crippen LogP contribution in [0.25, 0.3) is 0 Å². The Bertz CT molecular complexity index is 251. The molecule has 2 unspecified atom stereocenters. The van der Waals surface area contributed by atoms with Crippen molar-refractivity contribution in [3.05, 3.63) is 35.2 Å². The van der Waals surface area contributed by atoms with E-state index in [0.29, 0.717) is 17.8 Å². The maximum atomic E-state index is 2.31. The van der Waals surface area contributed by atoms with Crippen molar-refractivity contribution in [2.75, 3.05) is 0 Å². The third-order valence-corrected chi connectivity index (χ3v) is 4.03. The van der Waals surface area contributed by atoms with Crippen LogP contribution in [0.1, 0.15) is 38.5 Å². The summed E-state index contributed by atoms with van der Waals surface area (Å²) in [6.07, 6.45) is 4.62. The van der Waals surface area contributed by atoms with Crippen LogP contribution in [0.4, 0.5) is 0 Å². The van der Waals surface area contributed by atoms with Crippen LogP contribution in [0.3, 0.4) is 0 Å². The Hall–Kier alpha value is 0.914. The van der Waals surface area contributed by atoms with Gasteiger partial charge in [0.15, 0.2) is 0 Å². The Morgan fingerprint density at radius 1 is 1.00 bits per heavy atom. The van der Waals surface area contributed by atoms with Crippen molar-refractivity contribution in [2.24, 2.45) is 11.8 Å². The molecule has 1 aromatic rings. The second kappa shape index (κ2) is 17.0. The molecule has 0 aliphatic carbocycles. The zero-order valence-corrected chi connectivity index (χ0v) is 15.7. The van der Waals surface area contributed by atoms with Crippen LogP contribution in [0.15, 0.2) is 17.5 Å². The van der Waals surface area contributed by atoms with Gasteiger partial charge >= 0.3 is 21.7 Å². The maximum Gasteiger partial charge on any atom is 4.00 e. The molecular formula is C13H24Cl2O2STi. The van der Waals surface area contributed by atoms with Crippen molar-refractivity contribution in [3.8, 4) is 0 Å². The Morgan fingerprint density at radius 2 is 1.42 bits per heavy atom. The first kappa shape index (κ1) is 32.0. The van der Waals surface area contributed by atoms with Gasteiger partial charge in [0, 0.05) is 4.88 Å². The number of hydrogen-bond acceptors (Lipinski definition) is 1. The first-order chi connectivity index (χ1) is 6.70. The maximum absolute atomic E-state index is 2.31. The standard InChI is InChI=1S/C13H20S.2ClH.2H2O.Ti/c1-5-10(3)13(11(4)6-2)12-8-7-9-14-12;;;;;/h5-11,13H,1-4H3;2*1H;2*1H2;/q-2;;;;;+4/p-2. The largest absolute Gasteiger partial charge is 4.00 e. The Kier molecular flexibility index (Phi) is 28.6. The Labute approximate surface area is 149 Å². The van der Waals surface area contributed by atoms with E-state index in [1.807, 2.05) is 11.3 Å². The zero-order valence-electron chi connectivity index (χ0n) is 11.8. The molecule has 0 aromatic carbocycles. The normalized spacial score (nSPS) is 13.1. The van der Waals surface area contributed by atoms with Gasteiger partial charge in [-0.15, -0.1) is 11.3 Å². The summed E-state index contributed by atoms with van der Waals surface area (Å²) in [5, 5.41) is 2.17. The van der Waals surface area contributed by atoms with Crippen molar-refractivity contribution < 1.29 is 57.5 Å². The summed E-state index contributed by atoms with van der Waals surface area (Å²) >= 11 is 1.88. The Balaban J connectivity index is -0.000000131. The fraction of sp³-hybridized carbons (Fsp3) is 0.538. The quantitative estimate of drug-likeness (QED) is 0.393. The molecule has 19 heavy (non-hydrogen) atoms. The predicted octanol–water partition coefficient (Wildman–Crippen LogP) is -3.09. The summed E-state index contributed by atoms with van der Waals surface area (Å²) < 4.78 is 0. The minimum absolute atomic E-state index is 0. The molecule has 1 heterocycles. The first-order valence-electron chi connectivity index (χ1n) is 5.33. The van der Waals surface area contributed by atoms with E-state index in [9.17, 15) is 0 Å². The van der Waals surface area contributed by atoms with Gasteiger partial charge < -0.3 is 48.6 Å². The van der Waals surface area contributed by atoms with Gasteiger partial charge in [-0.3, -0.25) is 0 Å². The van der Waals surface area contributed by atoms with Crippen LogP contribution in [-0.4, -0.2) is 11.0 Å². The van der Waals surface area contributed by atoms with Gasteiger partial charge in [0.1, 0.15) is 0 Å². The van der Waals surface area contributed by atoms with Crippen LogP contribution in [0.2, 0.25) is 0 Å². The number of hydrogen-bond donors (Lipinski definition) is 0. The molecule has 0 saturated heterocycles. The van der Waals surface area contributed by atoms with Crippen LogP contribution in [0.5, 0.6) is 0 Å². The van der Waals surface area contributed by atoms with Gasteiger partial charge in [-0.25, -0.2) is 0 Å². The molecule has 0 bridgehead atoms. The molecule has 0 aliphatic rings. The van der Waals surface area contributed by atoms with Gasteiger partial charge in [-0.2, -0.15) is 25.7 Å². The molecular weight excluding hydrogens is 339 g/mol. The molecule has 0 spiro atoms. The fourth-order valence-electron chi connectivity index (χ4n) is 1.89. The number of thiophene rings is 1. The summed E-state index contributed by atoms with van der Waals surface area (Å²) in [5.74, 6) is 1.96. The Morgan fingerprint density at radius 3 is 1.68 bits per heavy atom. The van der Waals surface area contributed by atoms with E-state index >= 15 is 0 Å². The van der Waals surface area contributed by atoms with Crippen LogP contribution in [-0.2, 0) is 21.7 Å². The third kappa shape index (κ3) is 9.46. The SMILES string of the molecule is C[CH-]C(C)C(c1cccs1)C(C)[CH-]C.O.O.[Cl-].[Cl-].[Ti+4].